The maximum atomic E-state index is 13.2. The van der Waals surface area contributed by atoms with E-state index in [4.69, 9.17) is 11.5 Å². The quantitative estimate of drug-likeness (QED) is 0.418. The third-order valence-electron chi connectivity index (χ3n) is 4.71. The molecule has 3 aromatic rings. The van der Waals surface area contributed by atoms with Crippen LogP contribution in [0.1, 0.15) is 31.8 Å². The molecule has 4 rings (SSSR count). The number of nitrogens with one attached hydrogen (secondary N) is 2. The molecule has 0 unspecified atom stereocenters. The summed E-state index contributed by atoms with van der Waals surface area (Å²) in [5.41, 5.74) is 15.8. The number of carbonyl (C=O) groups excluding carboxylic acids is 2. The van der Waals surface area contributed by atoms with Gasteiger partial charge in [0, 0.05) is 35.4 Å². The number of nitrogens with two attached hydrogens (primary N) is 2. The van der Waals surface area contributed by atoms with Crippen molar-refractivity contribution in [2.75, 3.05) is 29.1 Å². The van der Waals surface area contributed by atoms with Crippen LogP contribution in [0, 0.1) is 0 Å². The van der Waals surface area contributed by atoms with Gasteiger partial charge in [0.15, 0.2) is 11.6 Å². The molecular formula is C21H18N4O2. The molecule has 3 aromatic carbocycles. The van der Waals surface area contributed by atoms with Gasteiger partial charge in [-0.1, -0.05) is 12.1 Å². The lowest BCUT2D eigenvalue weighted by molar-refractivity contribution is 0.0981. The van der Waals surface area contributed by atoms with Crippen molar-refractivity contribution in [1.29, 1.82) is 0 Å². The summed E-state index contributed by atoms with van der Waals surface area (Å²) in [6, 6.07) is 15.9. The van der Waals surface area contributed by atoms with E-state index in [1.54, 1.807) is 30.3 Å². The summed E-state index contributed by atoms with van der Waals surface area (Å²) in [6.45, 7) is 0. The van der Waals surface area contributed by atoms with E-state index in [2.05, 4.69) is 10.6 Å². The number of hydrogen-bond donors (Lipinski definition) is 4. The van der Waals surface area contributed by atoms with Gasteiger partial charge in [0.2, 0.25) is 0 Å². The van der Waals surface area contributed by atoms with Crippen molar-refractivity contribution >= 4 is 40.0 Å². The number of carbonyl (C=O) groups is 2. The Labute approximate surface area is 156 Å². The van der Waals surface area contributed by atoms with Crippen molar-refractivity contribution in [2.24, 2.45) is 0 Å². The average Bonchev–Trinajstić information content (AvgIpc) is 2.68. The molecule has 27 heavy (non-hydrogen) atoms. The second kappa shape index (κ2) is 6.17. The summed E-state index contributed by atoms with van der Waals surface area (Å²) >= 11 is 0. The molecule has 6 nitrogen and oxygen atoms in total. The van der Waals surface area contributed by atoms with Crippen LogP contribution in [0.3, 0.4) is 0 Å². The van der Waals surface area contributed by atoms with E-state index in [1.165, 1.54) is 0 Å². The van der Waals surface area contributed by atoms with Crippen molar-refractivity contribution in [3.8, 4) is 0 Å². The zero-order valence-corrected chi connectivity index (χ0v) is 14.7. The van der Waals surface area contributed by atoms with Gasteiger partial charge in [0.05, 0.1) is 22.4 Å². The molecule has 6 heteroatoms. The SMILES string of the molecule is CNc1ccc(Nc2cccc3c2C(=O)c2c(N)ccc(N)c2C3=O)cc1. The first kappa shape index (κ1) is 16.7. The van der Waals surface area contributed by atoms with E-state index >= 15 is 0 Å². The molecule has 1 aliphatic carbocycles. The third kappa shape index (κ3) is 2.58. The zero-order valence-electron chi connectivity index (χ0n) is 14.7. The van der Waals surface area contributed by atoms with Gasteiger partial charge in [-0.2, -0.15) is 0 Å². The Morgan fingerprint density at radius 1 is 0.704 bits per heavy atom. The molecule has 0 amide bonds. The highest BCUT2D eigenvalue weighted by Gasteiger charge is 2.34. The Bertz CT molecular complexity index is 1090. The van der Waals surface area contributed by atoms with Gasteiger partial charge in [0.1, 0.15) is 0 Å². The fourth-order valence-corrected chi connectivity index (χ4v) is 3.35. The zero-order chi connectivity index (χ0) is 19.1. The highest BCUT2D eigenvalue weighted by atomic mass is 16.1. The molecule has 0 aliphatic heterocycles. The molecule has 0 radical (unpaired) electrons. The predicted octanol–water partition coefficient (Wildman–Crippen LogP) is 3.41. The minimum atomic E-state index is -0.306. The monoisotopic (exact) mass is 358 g/mol. The van der Waals surface area contributed by atoms with Gasteiger partial charge in [-0.15, -0.1) is 0 Å². The lowest BCUT2D eigenvalue weighted by Crippen LogP contribution is -2.24. The van der Waals surface area contributed by atoms with Crippen LogP contribution in [0.4, 0.5) is 28.4 Å². The van der Waals surface area contributed by atoms with Gasteiger partial charge in [-0.3, -0.25) is 9.59 Å². The van der Waals surface area contributed by atoms with Crippen LogP contribution < -0.4 is 22.1 Å². The van der Waals surface area contributed by atoms with Crippen LogP contribution in [0.2, 0.25) is 0 Å². The van der Waals surface area contributed by atoms with Crippen molar-refractivity contribution in [3.05, 3.63) is 76.9 Å². The van der Waals surface area contributed by atoms with Crippen molar-refractivity contribution in [2.45, 2.75) is 0 Å². The number of benzene rings is 3. The number of anilines is 5. The van der Waals surface area contributed by atoms with Gasteiger partial charge < -0.3 is 22.1 Å². The number of fused-ring (bicyclic) bond motifs is 2. The molecule has 0 heterocycles. The molecule has 0 bridgehead atoms. The van der Waals surface area contributed by atoms with Crippen molar-refractivity contribution in [1.82, 2.24) is 0 Å². The highest BCUT2D eigenvalue weighted by molar-refractivity contribution is 6.33. The molecule has 134 valence electrons. The topological polar surface area (TPSA) is 110 Å². The van der Waals surface area contributed by atoms with Gasteiger partial charge in [-0.25, -0.2) is 0 Å². The smallest absolute Gasteiger partial charge is 0.198 e. The number of hydrogen-bond acceptors (Lipinski definition) is 6. The molecule has 0 saturated heterocycles. The van der Waals surface area contributed by atoms with Crippen LogP contribution in [0.15, 0.2) is 54.6 Å². The lowest BCUT2D eigenvalue weighted by atomic mass is 9.81. The van der Waals surface area contributed by atoms with Crippen LogP contribution in [0.5, 0.6) is 0 Å². The molecule has 0 aromatic heterocycles. The Balaban J connectivity index is 1.84. The molecule has 6 N–H and O–H groups in total. The summed E-state index contributed by atoms with van der Waals surface area (Å²) in [6.07, 6.45) is 0. The van der Waals surface area contributed by atoms with Gasteiger partial charge in [0.25, 0.3) is 0 Å². The summed E-state index contributed by atoms with van der Waals surface area (Å²) in [7, 11) is 1.84. The molecule has 0 saturated carbocycles. The Morgan fingerprint density at radius 3 is 1.93 bits per heavy atom. The molecule has 0 spiro atoms. The van der Waals surface area contributed by atoms with E-state index < -0.39 is 0 Å². The fraction of sp³-hybridized carbons (Fsp3) is 0.0476. The van der Waals surface area contributed by atoms with Gasteiger partial charge >= 0.3 is 0 Å². The minimum Gasteiger partial charge on any atom is -0.398 e. The van der Waals surface area contributed by atoms with Crippen molar-refractivity contribution < 1.29 is 9.59 Å². The molecule has 1 aliphatic rings. The largest absolute Gasteiger partial charge is 0.398 e. The fourth-order valence-electron chi connectivity index (χ4n) is 3.35. The number of ketones is 2. The first-order valence-electron chi connectivity index (χ1n) is 8.46. The second-order valence-electron chi connectivity index (χ2n) is 6.33. The Morgan fingerprint density at radius 2 is 1.30 bits per heavy atom. The molecule has 0 atom stereocenters. The van der Waals surface area contributed by atoms with E-state index in [0.29, 0.717) is 16.8 Å². The minimum absolute atomic E-state index is 0.173. The summed E-state index contributed by atoms with van der Waals surface area (Å²) in [5, 5.41) is 6.28. The van der Waals surface area contributed by atoms with E-state index in [0.717, 1.165) is 11.4 Å². The molecular weight excluding hydrogens is 340 g/mol. The van der Waals surface area contributed by atoms with E-state index in [9.17, 15) is 9.59 Å². The Hall–Kier alpha value is -3.80. The molecule has 0 fully saturated rings. The number of nitrogen functional groups attached to an aromatic ring is 2. The summed E-state index contributed by atoms with van der Waals surface area (Å²) in [5.74, 6) is -0.599. The summed E-state index contributed by atoms with van der Waals surface area (Å²) in [4.78, 5) is 26.2. The lowest BCUT2D eigenvalue weighted by Gasteiger charge is -2.23. The van der Waals surface area contributed by atoms with Gasteiger partial charge in [-0.05, 0) is 42.5 Å². The highest BCUT2D eigenvalue weighted by Crippen LogP contribution is 2.37. The second-order valence-corrected chi connectivity index (χ2v) is 6.33. The average molecular weight is 358 g/mol. The third-order valence-corrected chi connectivity index (χ3v) is 4.71. The first-order valence-corrected chi connectivity index (χ1v) is 8.46. The maximum absolute atomic E-state index is 13.2. The van der Waals surface area contributed by atoms with Crippen LogP contribution >= 0.6 is 0 Å². The maximum Gasteiger partial charge on any atom is 0.198 e. The standard InChI is InChI=1S/C21H18N4O2/c1-24-11-5-7-12(8-6-11)25-16-4-2-3-13-17(16)21(27)19-15(23)10-9-14(22)18(19)20(13)26/h2-10,24-25H,22-23H2,1H3. The Kier molecular flexibility index (Phi) is 3.81. The van der Waals surface area contributed by atoms with E-state index in [-0.39, 0.29) is 34.1 Å². The van der Waals surface area contributed by atoms with Crippen molar-refractivity contribution in [3.63, 3.8) is 0 Å². The van der Waals surface area contributed by atoms with Crippen LogP contribution in [-0.2, 0) is 0 Å². The first-order chi connectivity index (χ1) is 13.0. The predicted molar refractivity (Wildman–Crippen MR) is 108 cm³/mol. The number of rotatable bonds is 3. The normalized spacial score (nSPS) is 12.3. The van der Waals surface area contributed by atoms with E-state index in [1.807, 2.05) is 31.3 Å². The van der Waals surface area contributed by atoms with Crippen LogP contribution in [0.25, 0.3) is 0 Å². The summed E-state index contributed by atoms with van der Waals surface area (Å²) < 4.78 is 0. The van der Waals surface area contributed by atoms with Crippen LogP contribution in [-0.4, -0.2) is 18.6 Å².